The molecule has 1 aliphatic carbocycles. The van der Waals surface area contributed by atoms with Crippen LogP contribution in [0.4, 0.5) is 5.69 Å². The van der Waals surface area contributed by atoms with Crippen molar-refractivity contribution < 1.29 is 4.79 Å². The summed E-state index contributed by atoms with van der Waals surface area (Å²) >= 11 is 0. The highest BCUT2D eigenvalue weighted by atomic mass is 16.2. The third kappa shape index (κ3) is 2.56. The van der Waals surface area contributed by atoms with Gasteiger partial charge < -0.3 is 5.32 Å². The average molecular weight is 319 g/mol. The maximum atomic E-state index is 12.8. The molecule has 1 amide bonds. The minimum absolute atomic E-state index is 0.0309. The van der Waals surface area contributed by atoms with Gasteiger partial charge in [0.25, 0.3) is 0 Å². The Morgan fingerprint density at radius 1 is 1.25 bits per heavy atom. The second-order valence-electron chi connectivity index (χ2n) is 6.15. The Balaban J connectivity index is 1.52. The standard InChI is InChI=1S/C18H17N5O/c1-13-3-2-4-14(9-13)18(7-8-18)17(24)22-15-5-6-16(20-10-15)23-12-19-11-21-23/h2-6,9-12H,7-8H2,1H3,(H,22,24). The van der Waals surface area contributed by atoms with Gasteiger partial charge in [-0.25, -0.2) is 14.6 Å². The van der Waals surface area contributed by atoms with Crippen molar-refractivity contribution in [1.82, 2.24) is 19.7 Å². The Kier molecular flexibility index (Phi) is 3.37. The van der Waals surface area contributed by atoms with Gasteiger partial charge in [-0.2, -0.15) is 5.10 Å². The number of hydrogen-bond donors (Lipinski definition) is 1. The Bertz CT molecular complexity index is 867. The second-order valence-corrected chi connectivity index (χ2v) is 6.15. The summed E-state index contributed by atoms with van der Waals surface area (Å²) in [6.45, 7) is 2.05. The molecule has 24 heavy (non-hydrogen) atoms. The van der Waals surface area contributed by atoms with E-state index in [4.69, 9.17) is 0 Å². The predicted octanol–water partition coefficient (Wildman–Crippen LogP) is 2.64. The summed E-state index contributed by atoms with van der Waals surface area (Å²) < 4.78 is 1.57. The highest BCUT2D eigenvalue weighted by molar-refractivity contribution is 6.01. The van der Waals surface area contributed by atoms with Crippen LogP contribution in [0.15, 0.2) is 55.2 Å². The van der Waals surface area contributed by atoms with Crippen LogP contribution in [0.25, 0.3) is 5.82 Å². The molecule has 120 valence electrons. The number of carbonyl (C=O) groups is 1. The molecule has 6 heteroatoms. The van der Waals surface area contributed by atoms with Crippen molar-refractivity contribution in [3.63, 3.8) is 0 Å². The van der Waals surface area contributed by atoms with Crippen LogP contribution in [0.5, 0.6) is 0 Å². The van der Waals surface area contributed by atoms with Crippen molar-refractivity contribution in [2.75, 3.05) is 5.32 Å². The number of hydrogen-bond acceptors (Lipinski definition) is 4. The van der Waals surface area contributed by atoms with Crippen molar-refractivity contribution >= 4 is 11.6 Å². The number of aryl methyl sites for hydroxylation is 1. The van der Waals surface area contributed by atoms with E-state index >= 15 is 0 Å². The van der Waals surface area contributed by atoms with Crippen molar-refractivity contribution in [2.45, 2.75) is 25.2 Å². The lowest BCUT2D eigenvalue weighted by molar-refractivity contribution is -0.118. The van der Waals surface area contributed by atoms with Gasteiger partial charge in [-0.15, -0.1) is 0 Å². The third-order valence-electron chi connectivity index (χ3n) is 4.41. The lowest BCUT2D eigenvalue weighted by atomic mass is 9.93. The van der Waals surface area contributed by atoms with Crippen LogP contribution in [-0.2, 0) is 10.2 Å². The molecule has 1 aliphatic rings. The molecule has 0 spiro atoms. The van der Waals surface area contributed by atoms with E-state index in [-0.39, 0.29) is 5.91 Å². The van der Waals surface area contributed by atoms with Crippen LogP contribution >= 0.6 is 0 Å². The topological polar surface area (TPSA) is 72.7 Å². The summed E-state index contributed by atoms with van der Waals surface area (Å²) in [5, 5.41) is 7.02. The smallest absolute Gasteiger partial charge is 0.235 e. The minimum Gasteiger partial charge on any atom is -0.324 e. The first-order valence-corrected chi connectivity index (χ1v) is 7.87. The molecule has 1 fully saturated rings. The van der Waals surface area contributed by atoms with Gasteiger partial charge in [-0.1, -0.05) is 29.8 Å². The SMILES string of the molecule is Cc1cccc(C2(C(=O)Nc3ccc(-n4cncn4)nc3)CC2)c1. The second kappa shape index (κ2) is 5.56. The molecule has 4 rings (SSSR count). The highest BCUT2D eigenvalue weighted by Crippen LogP contribution is 2.49. The summed E-state index contributed by atoms with van der Waals surface area (Å²) in [5.74, 6) is 0.689. The Hall–Kier alpha value is -3.02. The van der Waals surface area contributed by atoms with Crippen molar-refractivity contribution in [3.05, 3.63) is 66.4 Å². The van der Waals surface area contributed by atoms with Crippen molar-refractivity contribution in [2.24, 2.45) is 0 Å². The number of pyridine rings is 1. The zero-order valence-electron chi connectivity index (χ0n) is 13.3. The Labute approximate surface area is 139 Å². The van der Waals surface area contributed by atoms with E-state index in [1.807, 2.05) is 31.2 Å². The van der Waals surface area contributed by atoms with Gasteiger partial charge in [-0.3, -0.25) is 4.79 Å². The number of carbonyl (C=O) groups excluding carboxylic acids is 1. The third-order valence-corrected chi connectivity index (χ3v) is 4.41. The van der Waals surface area contributed by atoms with Crippen LogP contribution in [0.2, 0.25) is 0 Å². The van der Waals surface area contributed by atoms with Gasteiger partial charge in [0.15, 0.2) is 5.82 Å². The normalized spacial score (nSPS) is 15.0. The summed E-state index contributed by atoms with van der Waals surface area (Å²) in [6, 6.07) is 11.8. The molecule has 0 aliphatic heterocycles. The van der Waals surface area contributed by atoms with Gasteiger partial charge in [0, 0.05) is 0 Å². The molecule has 0 unspecified atom stereocenters. The first-order valence-electron chi connectivity index (χ1n) is 7.87. The molecule has 1 saturated carbocycles. The number of rotatable bonds is 4. The molecule has 0 atom stereocenters. The van der Waals surface area contributed by atoms with Crippen LogP contribution in [0.1, 0.15) is 24.0 Å². The summed E-state index contributed by atoms with van der Waals surface area (Å²) in [4.78, 5) is 21.0. The van der Waals surface area contributed by atoms with Crippen LogP contribution < -0.4 is 5.32 Å². The molecule has 0 bridgehead atoms. The zero-order valence-corrected chi connectivity index (χ0v) is 13.3. The molecular weight excluding hydrogens is 302 g/mol. The lowest BCUT2D eigenvalue weighted by Crippen LogP contribution is -2.27. The van der Waals surface area contributed by atoms with Crippen LogP contribution in [0.3, 0.4) is 0 Å². The summed E-state index contributed by atoms with van der Waals surface area (Å²) in [6.07, 6.45) is 6.44. The minimum atomic E-state index is -0.392. The number of nitrogens with one attached hydrogen (secondary N) is 1. The molecule has 1 aromatic carbocycles. The van der Waals surface area contributed by atoms with E-state index in [0.717, 1.165) is 18.4 Å². The molecule has 3 aromatic rings. The Morgan fingerprint density at radius 2 is 2.12 bits per heavy atom. The van der Waals surface area contributed by atoms with Gasteiger partial charge >= 0.3 is 0 Å². The maximum absolute atomic E-state index is 12.8. The van der Waals surface area contributed by atoms with E-state index in [1.165, 1.54) is 11.9 Å². The average Bonchev–Trinajstić information content (AvgIpc) is 3.23. The molecular formula is C18H17N5O. The number of anilines is 1. The molecule has 0 radical (unpaired) electrons. The van der Waals surface area contributed by atoms with Gasteiger partial charge in [0.2, 0.25) is 5.91 Å². The largest absolute Gasteiger partial charge is 0.324 e. The van der Waals surface area contributed by atoms with Crippen LogP contribution in [-0.4, -0.2) is 25.7 Å². The number of benzene rings is 1. The van der Waals surface area contributed by atoms with E-state index in [9.17, 15) is 4.79 Å². The van der Waals surface area contributed by atoms with E-state index in [1.54, 1.807) is 23.3 Å². The fourth-order valence-electron chi connectivity index (χ4n) is 2.89. The monoisotopic (exact) mass is 319 g/mol. The summed E-state index contributed by atoms with van der Waals surface area (Å²) in [7, 11) is 0. The van der Waals surface area contributed by atoms with Crippen molar-refractivity contribution in [3.8, 4) is 5.82 Å². The fraction of sp³-hybridized carbons (Fsp3) is 0.222. The van der Waals surface area contributed by atoms with E-state index in [0.29, 0.717) is 11.5 Å². The Morgan fingerprint density at radius 3 is 2.75 bits per heavy atom. The van der Waals surface area contributed by atoms with Gasteiger partial charge in [0.1, 0.15) is 12.7 Å². The predicted molar refractivity (Wildman–Crippen MR) is 89.9 cm³/mol. The quantitative estimate of drug-likeness (QED) is 0.802. The van der Waals surface area contributed by atoms with E-state index in [2.05, 4.69) is 26.4 Å². The zero-order chi connectivity index (χ0) is 16.6. The first kappa shape index (κ1) is 14.6. The van der Waals surface area contributed by atoms with Crippen molar-refractivity contribution in [1.29, 1.82) is 0 Å². The molecule has 2 aromatic heterocycles. The molecule has 0 saturated heterocycles. The molecule has 1 N–H and O–H groups in total. The molecule has 2 heterocycles. The van der Waals surface area contributed by atoms with Gasteiger partial charge in [0.05, 0.1) is 17.3 Å². The number of nitrogens with zero attached hydrogens (tertiary/aromatic N) is 4. The van der Waals surface area contributed by atoms with Gasteiger partial charge in [-0.05, 0) is 37.5 Å². The summed E-state index contributed by atoms with van der Waals surface area (Å²) in [5.41, 5.74) is 2.55. The highest BCUT2D eigenvalue weighted by Gasteiger charge is 2.51. The number of amides is 1. The van der Waals surface area contributed by atoms with E-state index < -0.39 is 5.41 Å². The molecule has 6 nitrogen and oxygen atoms in total. The number of aromatic nitrogens is 4. The maximum Gasteiger partial charge on any atom is 0.235 e. The fourth-order valence-corrected chi connectivity index (χ4v) is 2.89. The van der Waals surface area contributed by atoms with Crippen LogP contribution in [0, 0.1) is 6.92 Å². The lowest BCUT2D eigenvalue weighted by Gasteiger charge is -2.16. The first-order chi connectivity index (χ1) is 11.7.